The molecule has 1 aliphatic rings. The first-order valence-corrected chi connectivity index (χ1v) is 6.22. The first kappa shape index (κ1) is 12.6. The molecule has 1 aromatic rings. The Morgan fingerprint density at radius 1 is 1.35 bits per heavy atom. The summed E-state index contributed by atoms with van der Waals surface area (Å²) in [6.45, 7) is 7.20. The lowest BCUT2D eigenvalue weighted by Crippen LogP contribution is -2.60. The molecule has 1 heterocycles. The maximum Gasteiger partial charge on any atom is 0.0654 e. The summed E-state index contributed by atoms with van der Waals surface area (Å²) in [5.41, 5.74) is 1.47. The molecule has 1 fully saturated rings. The number of hydrogen-bond donors (Lipinski definition) is 1. The smallest absolute Gasteiger partial charge is 0.0654 e. The number of methoxy groups -OCH3 is 1. The third-order valence-corrected chi connectivity index (χ3v) is 3.26. The Hall–Kier alpha value is -0.900. The average Bonchev–Trinajstić information content (AvgIpc) is 2.30. The lowest BCUT2D eigenvalue weighted by atomic mass is 10.00. The highest BCUT2D eigenvalue weighted by atomic mass is 16.5. The average molecular weight is 234 g/mol. The SMILES string of the molecule is COC[C@@]1(C)CN(Cc2ccccc2)CCN1. The van der Waals surface area contributed by atoms with E-state index in [4.69, 9.17) is 4.74 Å². The minimum atomic E-state index is 0.0851. The van der Waals surface area contributed by atoms with Crippen LogP contribution in [0.25, 0.3) is 0 Å². The third kappa shape index (κ3) is 3.53. The Bertz CT molecular complexity index is 337. The van der Waals surface area contributed by atoms with Crippen molar-refractivity contribution in [3.05, 3.63) is 35.9 Å². The van der Waals surface area contributed by atoms with Crippen LogP contribution < -0.4 is 5.32 Å². The van der Waals surface area contributed by atoms with E-state index in [0.29, 0.717) is 0 Å². The molecular weight excluding hydrogens is 212 g/mol. The fourth-order valence-corrected chi connectivity index (χ4v) is 2.54. The zero-order valence-electron chi connectivity index (χ0n) is 10.8. The molecule has 0 spiro atoms. The molecule has 1 N–H and O–H groups in total. The molecule has 0 radical (unpaired) electrons. The van der Waals surface area contributed by atoms with Crippen LogP contribution in [0.2, 0.25) is 0 Å². The van der Waals surface area contributed by atoms with Crippen molar-refractivity contribution in [2.24, 2.45) is 0 Å². The molecule has 94 valence electrons. The van der Waals surface area contributed by atoms with Gasteiger partial charge in [0.1, 0.15) is 0 Å². The fraction of sp³-hybridized carbons (Fsp3) is 0.571. The second kappa shape index (κ2) is 5.63. The van der Waals surface area contributed by atoms with Gasteiger partial charge in [-0.3, -0.25) is 4.90 Å². The molecule has 1 saturated heterocycles. The molecule has 1 aromatic carbocycles. The van der Waals surface area contributed by atoms with Crippen LogP contribution in [0.5, 0.6) is 0 Å². The number of rotatable bonds is 4. The van der Waals surface area contributed by atoms with E-state index in [-0.39, 0.29) is 5.54 Å². The van der Waals surface area contributed by atoms with E-state index in [9.17, 15) is 0 Å². The summed E-state index contributed by atoms with van der Waals surface area (Å²) in [6.07, 6.45) is 0. The number of benzene rings is 1. The van der Waals surface area contributed by atoms with Crippen molar-refractivity contribution in [2.45, 2.75) is 19.0 Å². The summed E-state index contributed by atoms with van der Waals surface area (Å²) in [7, 11) is 1.77. The summed E-state index contributed by atoms with van der Waals surface area (Å²) in [5, 5.41) is 3.55. The van der Waals surface area contributed by atoms with Crippen molar-refractivity contribution in [1.29, 1.82) is 0 Å². The van der Waals surface area contributed by atoms with Gasteiger partial charge >= 0.3 is 0 Å². The topological polar surface area (TPSA) is 24.5 Å². The first-order valence-electron chi connectivity index (χ1n) is 6.22. The molecule has 0 aliphatic carbocycles. The van der Waals surface area contributed by atoms with Crippen molar-refractivity contribution < 1.29 is 4.74 Å². The van der Waals surface area contributed by atoms with Gasteiger partial charge in [-0.15, -0.1) is 0 Å². The van der Waals surface area contributed by atoms with Crippen LogP contribution in [-0.4, -0.2) is 43.8 Å². The zero-order chi connectivity index (χ0) is 12.1. The predicted octanol–water partition coefficient (Wildman–Crippen LogP) is 1.50. The van der Waals surface area contributed by atoms with Crippen LogP contribution in [0, 0.1) is 0 Å². The maximum atomic E-state index is 5.29. The molecule has 3 heteroatoms. The quantitative estimate of drug-likeness (QED) is 0.854. The van der Waals surface area contributed by atoms with Gasteiger partial charge in [0.05, 0.1) is 12.1 Å². The van der Waals surface area contributed by atoms with Crippen molar-refractivity contribution in [2.75, 3.05) is 33.4 Å². The Morgan fingerprint density at radius 3 is 2.82 bits per heavy atom. The molecule has 3 nitrogen and oxygen atoms in total. The van der Waals surface area contributed by atoms with Crippen LogP contribution in [0.15, 0.2) is 30.3 Å². The van der Waals surface area contributed by atoms with Gasteiger partial charge < -0.3 is 10.1 Å². The molecular formula is C14H22N2O. The molecule has 0 saturated carbocycles. The summed E-state index contributed by atoms with van der Waals surface area (Å²) in [6, 6.07) is 10.7. The van der Waals surface area contributed by atoms with Crippen molar-refractivity contribution in [3.63, 3.8) is 0 Å². The second-order valence-corrected chi connectivity index (χ2v) is 5.12. The van der Waals surface area contributed by atoms with Crippen molar-refractivity contribution >= 4 is 0 Å². The first-order chi connectivity index (χ1) is 8.22. The molecule has 2 rings (SSSR count). The number of nitrogens with zero attached hydrogens (tertiary/aromatic N) is 1. The Kier molecular flexibility index (Phi) is 4.15. The van der Waals surface area contributed by atoms with E-state index in [1.54, 1.807) is 7.11 Å². The van der Waals surface area contributed by atoms with Gasteiger partial charge in [-0.05, 0) is 12.5 Å². The van der Waals surface area contributed by atoms with Gasteiger partial charge in [0.25, 0.3) is 0 Å². The Balaban J connectivity index is 1.94. The summed E-state index contributed by atoms with van der Waals surface area (Å²) in [5.74, 6) is 0. The molecule has 0 aromatic heterocycles. The number of hydrogen-bond acceptors (Lipinski definition) is 3. The number of ether oxygens (including phenoxy) is 1. The molecule has 0 unspecified atom stereocenters. The Morgan fingerprint density at radius 2 is 2.12 bits per heavy atom. The predicted molar refractivity (Wildman–Crippen MR) is 70.0 cm³/mol. The summed E-state index contributed by atoms with van der Waals surface area (Å²) < 4.78 is 5.29. The number of piperazine rings is 1. The highest BCUT2D eigenvalue weighted by Crippen LogP contribution is 2.14. The molecule has 1 atom stereocenters. The largest absolute Gasteiger partial charge is 0.383 e. The maximum absolute atomic E-state index is 5.29. The van der Waals surface area contributed by atoms with Crippen LogP contribution in [-0.2, 0) is 11.3 Å². The highest BCUT2D eigenvalue weighted by Gasteiger charge is 2.30. The van der Waals surface area contributed by atoms with E-state index in [1.807, 2.05) is 0 Å². The third-order valence-electron chi connectivity index (χ3n) is 3.26. The normalized spacial score (nSPS) is 26.0. The van der Waals surface area contributed by atoms with E-state index < -0.39 is 0 Å². The lowest BCUT2D eigenvalue weighted by molar-refractivity contribution is 0.0591. The monoisotopic (exact) mass is 234 g/mol. The molecule has 1 aliphatic heterocycles. The van der Waals surface area contributed by atoms with E-state index >= 15 is 0 Å². The van der Waals surface area contributed by atoms with E-state index in [1.165, 1.54) is 5.56 Å². The van der Waals surface area contributed by atoms with Crippen molar-refractivity contribution in [1.82, 2.24) is 10.2 Å². The number of nitrogens with one attached hydrogen (secondary N) is 1. The Labute approximate surface area is 104 Å². The van der Waals surface area contributed by atoms with Gasteiger partial charge in [0, 0.05) is 33.3 Å². The van der Waals surface area contributed by atoms with Gasteiger partial charge in [-0.25, -0.2) is 0 Å². The zero-order valence-corrected chi connectivity index (χ0v) is 10.8. The lowest BCUT2D eigenvalue weighted by Gasteiger charge is -2.41. The van der Waals surface area contributed by atoms with Crippen LogP contribution in [0.4, 0.5) is 0 Å². The fourth-order valence-electron chi connectivity index (χ4n) is 2.54. The van der Waals surface area contributed by atoms with Crippen LogP contribution in [0.1, 0.15) is 12.5 Å². The minimum Gasteiger partial charge on any atom is -0.383 e. The van der Waals surface area contributed by atoms with Crippen LogP contribution >= 0.6 is 0 Å². The van der Waals surface area contributed by atoms with Gasteiger partial charge in [0.2, 0.25) is 0 Å². The molecule has 17 heavy (non-hydrogen) atoms. The van der Waals surface area contributed by atoms with Crippen molar-refractivity contribution in [3.8, 4) is 0 Å². The van der Waals surface area contributed by atoms with E-state index in [2.05, 4.69) is 47.5 Å². The minimum absolute atomic E-state index is 0.0851. The standard InChI is InChI=1S/C14H22N2O/c1-14(12-17-2)11-16(9-8-15-14)10-13-6-4-3-5-7-13/h3-7,15H,8-12H2,1-2H3/t14-/m1/s1. The van der Waals surface area contributed by atoms with Gasteiger partial charge in [-0.2, -0.15) is 0 Å². The summed E-state index contributed by atoms with van der Waals surface area (Å²) >= 11 is 0. The van der Waals surface area contributed by atoms with Gasteiger partial charge in [-0.1, -0.05) is 30.3 Å². The second-order valence-electron chi connectivity index (χ2n) is 5.12. The van der Waals surface area contributed by atoms with Crippen LogP contribution in [0.3, 0.4) is 0 Å². The summed E-state index contributed by atoms with van der Waals surface area (Å²) in [4.78, 5) is 2.49. The highest BCUT2D eigenvalue weighted by molar-refractivity contribution is 5.14. The van der Waals surface area contributed by atoms with Gasteiger partial charge in [0.15, 0.2) is 0 Å². The molecule has 0 bridgehead atoms. The molecule has 0 amide bonds. The van der Waals surface area contributed by atoms with E-state index in [0.717, 1.165) is 32.8 Å².